The van der Waals surface area contributed by atoms with E-state index in [4.69, 9.17) is 10.00 Å². The molecule has 3 aliphatic heterocycles. The Labute approximate surface area is 177 Å². The number of ether oxygens (including phenoxy) is 1. The molecular weight excluding hydrogens is 401 g/mol. The number of aromatic nitrogens is 3. The van der Waals surface area contributed by atoms with Gasteiger partial charge in [0, 0.05) is 56.5 Å². The van der Waals surface area contributed by atoms with Crippen LogP contribution in [-0.4, -0.2) is 57.2 Å². The number of anilines is 1. The van der Waals surface area contributed by atoms with Crippen molar-refractivity contribution < 1.29 is 13.9 Å². The summed E-state index contributed by atoms with van der Waals surface area (Å²) in [5.74, 6) is 0.263. The van der Waals surface area contributed by atoms with Crippen LogP contribution in [0.5, 0.6) is 5.75 Å². The first kappa shape index (κ1) is 19.2. The van der Waals surface area contributed by atoms with Crippen molar-refractivity contribution in [1.82, 2.24) is 19.9 Å². The number of alkyl halides is 1. The highest BCUT2D eigenvalue weighted by molar-refractivity contribution is 5.86. The zero-order valence-electron chi connectivity index (χ0n) is 16.5. The smallest absolute Gasteiger partial charge is 0.261 e. The molecule has 5 rings (SSSR count). The Morgan fingerprint density at radius 1 is 1.26 bits per heavy atom. The van der Waals surface area contributed by atoms with E-state index in [2.05, 4.69) is 21.0 Å². The van der Waals surface area contributed by atoms with E-state index in [0.717, 1.165) is 0 Å². The van der Waals surface area contributed by atoms with Gasteiger partial charge in [-0.1, -0.05) is 0 Å². The van der Waals surface area contributed by atoms with Crippen molar-refractivity contribution in [2.75, 3.05) is 24.5 Å². The van der Waals surface area contributed by atoms with Crippen LogP contribution in [0.2, 0.25) is 0 Å². The number of rotatable bonds is 2. The third kappa shape index (κ3) is 3.12. The maximum Gasteiger partial charge on any atom is 0.261 e. The largest absolute Gasteiger partial charge is 0.487 e. The molecule has 2 aromatic heterocycles. The van der Waals surface area contributed by atoms with Crippen LogP contribution in [-0.2, 0) is 4.79 Å². The molecule has 2 atom stereocenters. The minimum Gasteiger partial charge on any atom is -0.487 e. The molecule has 156 valence electrons. The lowest BCUT2D eigenvalue weighted by Gasteiger charge is -2.38. The van der Waals surface area contributed by atoms with Crippen molar-refractivity contribution in [3.8, 4) is 17.9 Å². The van der Waals surface area contributed by atoms with E-state index in [1.165, 1.54) is 18.5 Å². The number of amides is 1. The fourth-order valence-corrected chi connectivity index (χ4v) is 4.58. The van der Waals surface area contributed by atoms with E-state index in [0.29, 0.717) is 29.2 Å². The molecule has 2 bridgehead atoms. The lowest BCUT2D eigenvalue weighted by Crippen LogP contribution is -2.52. The zero-order chi connectivity index (χ0) is 21.6. The molecule has 0 N–H and O–H groups in total. The number of pyridine rings is 1. The number of piperidine rings is 1. The van der Waals surface area contributed by atoms with Crippen LogP contribution >= 0.6 is 0 Å². The van der Waals surface area contributed by atoms with Crippen molar-refractivity contribution >= 4 is 11.9 Å². The summed E-state index contributed by atoms with van der Waals surface area (Å²) >= 11 is 0. The Morgan fingerprint density at radius 2 is 2.06 bits per heavy atom. The van der Waals surface area contributed by atoms with E-state index in [-0.39, 0.29) is 50.3 Å². The van der Waals surface area contributed by atoms with Crippen LogP contribution in [0.3, 0.4) is 0 Å². The molecule has 0 aromatic carbocycles. The lowest BCUT2D eigenvalue weighted by atomic mass is 9.91. The van der Waals surface area contributed by atoms with E-state index in [1.807, 2.05) is 6.07 Å². The molecule has 0 aliphatic carbocycles. The van der Waals surface area contributed by atoms with Gasteiger partial charge in [0.25, 0.3) is 5.91 Å². The molecule has 0 unspecified atom stereocenters. The van der Waals surface area contributed by atoms with Crippen LogP contribution in [0.25, 0.3) is 0 Å². The quantitative estimate of drug-likeness (QED) is 0.721. The summed E-state index contributed by atoms with van der Waals surface area (Å²) in [6.07, 6.45) is 4.83. The van der Waals surface area contributed by atoms with Crippen molar-refractivity contribution in [3.05, 3.63) is 41.5 Å². The third-order valence-corrected chi connectivity index (χ3v) is 6.19. The summed E-state index contributed by atoms with van der Waals surface area (Å²) < 4.78 is 21.7. The first-order chi connectivity index (χ1) is 15.0. The van der Waals surface area contributed by atoms with E-state index in [9.17, 15) is 10.1 Å². The van der Waals surface area contributed by atoms with Gasteiger partial charge in [-0.15, -0.1) is 0 Å². The van der Waals surface area contributed by atoms with Gasteiger partial charge in [0.1, 0.15) is 35.2 Å². The second kappa shape index (κ2) is 7.17. The van der Waals surface area contributed by atoms with Gasteiger partial charge in [-0.3, -0.25) is 9.78 Å². The number of hydrogen-bond acceptors (Lipinski definition) is 8. The second-order valence-corrected chi connectivity index (χ2v) is 7.97. The molecule has 1 amide bonds. The number of fused-ring (bicyclic) bond motifs is 4. The Morgan fingerprint density at radius 3 is 2.81 bits per heavy atom. The van der Waals surface area contributed by atoms with Crippen molar-refractivity contribution in [2.24, 2.45) is 0 Å². The van der Waals surface area contributed by atoms with Crippen LogP contribution in [0, 0.1) is 22.7 Å². The molecule has 0 saturated carbocycles. The molecule has 2 saturated heterocycles. The summed E-state index contributed by atoms with van der Waals surface area (Å²) in [4.78, 5) is 29.0. The predicted molar refractivity (Wildman–Crippen MR) is 104 cm³/mol. The number of hydrogen-bond donors (Lipinski definition) is 0. The van der Waals surface area contributed by atoms with E-state index >= 15 is 4.39 Å². The highest BCUT2D eigenvalue weighted by Gasteiger charge is 2.51. The molecule has 0 spiro atoms. The van der Waals surface area contributed by atoms with Crippen LogP contribution in [0.4, 0.5) is 10.3 Å². The number of likely N-dealkylation sites (tertiary alicyclic amines) is 1. The number of halogens is 1. The van der Waals surface area contributed by atoms with Gasteiger partial charge in [-0.2, -0.15) is 10.5 Å². The summed E-state index contributed by atoms with van der Waals surface area (Å²) in [5.41, 5.74) is -0.777. The molecule has 3 aliphatic rings. The molecule has 10 heteroatoms. The third-order valence-electron chi connectivity index (χ3n) is 6.19. The van der Waals surface area contributed by atoms with Gasteiger partial charge in [0.2, 0.25) is 5.95 Å². The highest BCUT2D eigenvalue weighted by atomic mass is 19.1. The Bertz CT molecular complexity index is 1130. The first-order valence-electron chi connectivity index (χ1n) is 10.0. The summed E-state index contributed by atoms with van der Waals surface area (Å²) in [7, 11) is 0. The van der Waals surface area contributed by atoms with Gasteiger partial charge < -0.3 is 14.5 Å². The predicted octanol–water partition coefficient (Wildman–Crippen LogP) is 1.66. The average molecular weight is 419 g/mol. The zero-order valence-corrected chi connectivity index (χ0v) is 16.5. The van der Waals surface area contributed by atoms with Gasteiger partial charge in [0.15, 0.2) is 5.67 Å². The number of carbonyl (C=O) groups is 1. The minimum atomic E-state index is -2.00. The molecule has 0 radical (unpaired) electrons. The molecule has 9 nitrogen and oxygen atoms in total. The Kier molecular flexibility index (Phi) is 4.44. The Balaban J connectivity index is 1.34. The number of carbonyl (C=O) groups excluding carboxylic acids is 1. The molecule has 5 heterocycles. The maximum absolute atomic E-state index is 15.8. The minimum absolute atomic E-state index is 0.00403. The summed E-state index contributed by atoms with van der Waals surface area (Å²) in [6, 6.07) is 5.20. The van der Waals surface area contributed by atoms with E-state index in [1.54, 1.807) is 16.0 Å². The lowest BCUT2D eigenvalue weighted by molar-refractivity contribution is -0.146. The number of nitriles is 2. The highest BCUT2D eigenvalue weighted by Crippen LogP contribution is 2.46. The molecule has 2 aromatic rings. The second-order valence-electron chi connectivity index (χ2n) is 7.97. The number of nitrogens with zero attached hydrogens (tertiary/aromatic N) is 7. The fraction of sp³-hybridized carbons (Fsp3) is 0.429. The monoisotopic (exact) mass is 419 g/mol. The molecule has 31 heavy (non-hydrogen) atoms. The topological polar surface area (TPSA) is 119 Å². The van der Waals surface area contributed by atoms with Crippen molar-refractivity contribution in [1.29, 1.82) is 10.5 Å². The normalized spacial score (nSPS) is 23.3. The van der Waals surface area contributed by atoms with Gasteiger partial charge in [-0.25, -0.2) is 14.4 Å². The van der Waals surface area contributed by atoms with Crippen molar-refractivity contribution in [3.63, 3.8) is 0 Å². The Hall–Kier alpha value is -3.79. The molecular formula is C21H18FN7O2. The average Bonchev–Trinajstić information content (AvgIpc) is 3.16. The first-order valence-corrected chi connectivity index (χ1v) is 10.0. The summed E-state index contributed by atoms with van der Waals surface area (Å²) in [5, 5.41) is 18.3. The fourth-order valence-electron chi connectivity index (χ4n) is 4.58. The summed E-state index contributed by atoms with van der Waals surface area (Å²) in [6.45, 7) is 0.824. The van der Waals surface area contributed by atoms with Crippen molar-refractivity contribution in [2.45, 2.75) is 37.1 Å². The standard InChI is InChI=1S/C21H18FN7O2/c22-21(2-5-28(6-3-21)20-26-4-1-14(9-24)27-20)19(30)29-12-15-7-17(29)16-11-25-10-13(8-23)18(16)31-15/h1,4,10-11,15,17H,2-3,5-7,12H2/t15-,17-/m0/s1. The van der Waals surface area contributed by atoms with Gasteiger partial charge in [0.05, 0.1) is 12.6 Å². The van der Waals surface area contributed by atoms with Crippen LogP contribution < -0.4 is 9.64 Å². The SMILES string of the molecule is N#Cc1ccnc(N2CCC(F)(C(=O)N3C[C@@H]4C[C@H]3c3cncc(C#N)c3O4)CC2)n1. The van der Waals surface area contributed by atoms with Crippen LogP contribution in [0.1, 0.15) is 42.1 Å². The van der Waals surface area contributed by atoms with Gasteiger partial charge >= 0.3 is 0 Å². The van der Waals surface area contributed by atoms with Crippen LogP contribution in [0.15, 0.2) is 24.7 Å². The van der Waals surface area contributed by atoms with E-state index < -0.39 is 11.6 Å². The van der Waals surface area contributed by atoms with Gasteiger partial charge in [-0.05, 0) is 6.07 Å². The maximum atomic E-state index is 15.8. The molecule has 2 fully saturated rings.